The fourth-order valence-electron chi connectivity index (χ4n) is 11.4. The van der Waals surface area contributed by atoms with Crippen molar-refractivity contribution in [3.05, 3.63) is 278 Å². The van der Waals surface area contributed by atoms with E-state index in [0.717, 1.165) is 9.97 Å². The molecule has 8 nitrogen and oxygen atoms in total. The van der Waals surface area contributed by atoms with Crippen LogP contribution in [0.2, 0.25) is 0 Å². The van der Waals surface area contributed by atoms with Crippen LogP contribution in [0, 0.1) is 233 Å². The summed E-state index contributed by atoms with van der Waals surface area (Å²) in [6.07, 6.45) is 0. The molecule has 8 bridgehead atoms. The van der Waals surface area contributed by atoms with Gasteiger partial charge in [-0.1, -0.05) is 15.0 Å². The molecule has 0 saturated heterocycles. The average Bonchev–Trinajstić information content (AvgIpc) is 1.57. The summed E-state index contributed by atoms with van der Waals surface area (Å²) in [7, 11) is 0. The Balaban J connectivity index is 0.0000118. The van der Waals surface area contributed by atoms with Crippen molar-refractivity contribution < 1.29 is 186 Å². The van der Waals surface area contributed by atoms with Crippen molar-refractivity contribution in [1.29, 1.82) is 0 Å². The van der Waals surface area contributed by atoms with Gasteiger partial charge in [0, 0.05) is 33.5 Å². The van der Waals surface area contributed by atoms with Crippen molar-refractivity contribution in [2.45, 2.75) is 0 Å². The first-order valence-corrected chi connectivity index (χ1v) is 28.2. The van der Waals surface area contributed by atoms with E-state index in [1.807, 2.05) is 0 Å². The van der Waals surface area contributed by atoms with E-state index in [0.29, 0.717) is 0 Å². The summed E-state index contributed by atoms with van der Waals surface area (Å²) in [4.78, 5) is 21.0. The molecule has 8 aromatic carbocycles. The summed E-state index contributed by atoms with van der Waals surface area (Å²) in [5, 5.41) is 0. The van der Waals surface area contributed by atoms with Crippen molar-refractivity contribution in [3.8, 4) is 44.5 Å². The fourth-order valence-corrected chi connectivity index (χ4v) is 11.4. The third kappa shape index (κ3) is 11.3. The quantitative estimate of drug-likeness (QED) is 0.0649. The second-order valence-corrected chi connectivity index (χ2v) is 22.2. The molecule has 0 radical (unpaired) electrons. The van der Waals surface area contributed by atoms with E-state index < -0.39 is 368 Å². The van der Waals surface area contributed by atoms with Crippen molar-refractivity contribution in [2.24, 2.45) is 0 Å². The second-order valence-electron chi connectivity index (χ2n) is 22.2. The second kappa shape index (κ2) is 27.8. The molecule has 5 heterocycles. The van der Waals surface area contributed by atoms with Crippen LogP contribution in [0.3, 0.4) is 0 Å². The zero-order valence-corrected chi connectivity index (χ0v) is 52.9. The van der Waals surface area contributed by atoms with Crippen molar-refractivity contribution in [1.82, 2.24) is 29.9 Å². The Bertz CT molecular complexity index is 5530. The molecule has 13 rings (SSSR count). The number of benzene rings is 8. The van der Waals surface area contributed by atoms with Gasteiger partial charge in [-0.15, -0.1) is 0 Å². The molecule has 0 aliphatic carbocycles. The van der Waals surface area contributed by atoms with E-state index in [4.69, 9.17) is 0 Å². The molecule has 0 saturated carbocycles. The number of aromatic amines is 2. The van der Waals surface area contributed by atoms with E-state index in [1.165, 1.54) is 0 Å². The number of nitrogens with one attached hydrogen (secondary N) is 2. The molecule has 2 aliphatic heterocycles. The summed E-state index contributed by atoms with van der Waals surface area (Å²) in [5.74, 6) is -154. The predicted octanol–water partition coefficient (Wildman–Crippen LogP) is 17.9. The van der Waals surface area contributed by atoms with Gasteiger partial charge >= 0.3 is 23.1 Å². The Hall–Kier alpha value is -12.0. The van der Waals surface area contributed by atoms with E-state index >= 15 is 176 Å². The average molecular weight is 1670 g/mol. The first-order valence-electron chi connectivity index (χ1n) is 28.2. The van der Waals surface area contributed by atoms with Crippen molar-refractivity contribution >= 4 is 67.9 Å². The molecule has 0 fully saturated rings. The van der Waals surface area contributed by atoms with Gasteiger partial charge in [0.25, 0.3) is 17.5 Å². The fraction of sp³-hybridized carbons (Fsp3) is 0. The molecular formula is C64H2F40MgN8+2. The van der Waals surface area contributed by atoms with E-state index in [2.05, 4.69) is 29.9 Å². The molecule has 11 aromatic rings. The van der Waals surface area contributed by atoms with Gasteiger partial charge in [0.05, 0.1) is 61.2 Å². The summed E-state index contributed by atoms with van der Waals surface area (Å²) in [6.45, 7) is 0. The molecule has 113 heavy (non-hydrogen) atoms. The minimum Gasteiger partial charge on any atom is -0.331 e. The topological polar surface area (TPSA) is 108 Å². The minimum absolute atomic E-state index is 0. The Labute approximate surface area is 604 Å². The Morgan fingerprint density at radius 2 is 0.230 bits per heavy atom. The normalized spacial score (nSPS) is 12.5. The summed E-state index contributed by atoms with van der Waals surface area (Å²) < 4.78 is 644. The third-order valence-corrected chi connectivity index (χ3v) is 16.3. The van der Waals surface area contributed by atoms with E-state index in [-0.39, 0.29) is 23.1 Å². The van der Waals surface area contributed by atoms with Crippen LogP contribution in [0.5, 0.6) is 0 Å². The van der Waals surface area contributed by atoms with Crippen LogP contribution in [0.4, 0.5) is 176 Å². The Kier molecular flexibility index (Phi) is 19.8. The van der Waals surface area contributed by atoms with Crippen LogP contribution in [0.1, 0.15) is 45.6 Å². The SMILES string of the molecule is Fc1c(F)c(F)c(C2=C(c3c(F)c(F)c(F)c(F)c3F)c3nc4[n-]c(nc5[nH+]c(nc6[n-]c(nc2[nH+]3)c(-c2c(F)c(F)c(F)c(F)c2F)c6-c2c(F)c(F)c(F)c(F)c2F)C(c2c(F)c(F)c(F)c(F)c2F)=C5c2c(F)c(F)c(F)c(F)c2F)c(-c2c(F)c(F)c(F)c(F)c2F)c4-c2c(F)c(F)c(F)c(F)c2F)c(F)c1F.[Mg+2]. The summed E-state index contributed by atoms with van der Waals surface area (Å²) in [5.41, 5.74) is -61.6. The maximum atomic E-state index is 16.9. The van der Waals surface area contributed by atoms with E-state index in [9.17, 15) is 0 Å². The van der Waals surface area contributed by atoms with Gasteiger partial charge in [0.15, 0.2) is 203 Å². The number of H-pyrrole nitrogens is 2. The molecule has 2 aliphatic rings. The van der Waals surface area contributed by atoms with Gasteiger partial charge in [0.1, 0.15) is 5.82 Å². The molecule has 49 heteroatoms. The smallest absolute Gasteiger partial charge is 0.331 e. The molecule has 0 atom stereocenters. The first kappa shape index (κ1) is 80.6. The van der Waals surface area contributed by atoms with Crippen LogP contribution >= 0.6 is 0 Å². The van der Waals surface area contributed by atoms with Crippen LogP contribution in [0.15, 0.2) is 0 Å². The number of nitrogens with zero attached hydrogens (tertiary/aromatic N) is 6. The number of hydrogen-bond donors (Lipinski definition) is 0. The van der Waals surface area contributed by atoms with Crippen molar-refractivity contribution in [3.63, 3.8) is 0 Å². The molecule has 2 N–H and O–H groups in total. The van der Waals surface area contributed by atoms with Crippen LogP contribution in [0.25, 0.3) is 89.4 Å². The predicted molar refractivity (Wildman–Crippen MR) is 289 cm³/mol. The zero-order valence-electron chi connectivity index (χ0n) is 51.5. The van der Waals surface area contributed by atoms with Gasteiger partial charge in [0.2, 0.25) is 46.5 Å². The zero-order chi connectivity index (χ0) is 82.6. The summed E-state index contributed by atoms with van der Waals surface area (Å²) in [6, 6.07) is 0. The minimum atomic E-state index is -3.62. The number of halogens is 40. The van der Waals surface area contributed by atoms with Crippen LogP contribution < -0.4 is 19.9 Å². The first-order chi connectivity index (χ1) is 52.3. The van der Waals surface area contributed by atoms with Gasteiger partial charge < -0.3 is 9.97 Å². The van der Waals surface area contributed by atoms with Crippen molar-refractivity contribution in [2.75, 3.05) is 0 Å². The van der Waals surface area contributed by atoms with Gasteiger partial charge in [-0.25, -0.2) is 181 Å². The van der Waals surface area contributed by atoms with Gasteiger partial charge in [-0.3, -0.25) is 9.97 Å². The number of fused-ring (bicyclic) bond motifs is 8. The maximum absolute atomic E-state index is 16.9. The third-order valence-electron chi connectivity index (χ3n) is 16.3. The number of aromatic nitrogens is 8. The number of hydrogen-bond acceptors (Lipinski definition) is 4. The molecular weight excluding hydrogens is 1660 g/mol. The molecule has 0 unspecified atom stereocenters. The number of rotatable bonds is 8. The molecule has 3 aromatic heterocycles. The standard InChI is InChI=1S/C64F40N8.Mg/c65-17-9(18(66)34(82)49(97)33(17)81)1-2(10-19(67)35(83)50(98)36(84)20(10)68)58-105-57(1)109-59-3(11-21(69)37(85)51(99)38(86)22(11)70)4(12-23(71)39(87)52(100)40(88)24(12)72)61(106-59)111-63-7(15-29(77)45(93)55(103)46(94)30(15)78)8(16-31(79)47(95)56(104)48(96)32(16)80)64(108-63)112-62-6(14-27(75)43(91)54(102)44(92)28(14)76)5(60(107-62)110-58)13-25(73)41(89)53(101)42(90)26(13)74;/q-2;+2/p+2. The van der Waals surface area contributed by atoms with Gasteiger partial charge in [-0.2, -0.15) is 0 Å². The Morgan fingerprint density at radius 1 is 0.133 bits per heavy atom. The van der Waals surface area contributed by atoms with Crippen LogP contribution in [-0.4, -0.2) is 43.0 Å². The molecule has 0 amide bonds. The summed E-state index contributed by atoms with van der Waals surface area (Å²) >= 11 is 0. The largest absolute Gasteiger partial charge is 2.00 e. The molecule has 578 valence electrons. The molecule has 0 spiro atoms. The van der Waals surface area contributed by atoms with Crippen LogP contribution in [-0.2, 0) is 0 Å². The van der Waals surface area contributed by atoms with E-state index in [1.54, 1.807) is 0 Å². The monoisotopic (exact) mass is 1670 g/mol. The Morgan fingerprint density at radius 3 is 0.345 bits per heavy atom. The maximum Gasteiger partial charge on any atom is 2.00 e. The van der Waals surface area contributed by atoms with Gasteiger partial charge in [-0.05, 0) is 0 Å².